The van der Waals surface area contributed by atoms with E-state index >= 15 is 0 Å². The minimum absolute atomic E-state index is 0.223. The largest absolute Gasteiger partial charge is 0.497 e. The first kappa shape index (κ1) is 20.1. The van der Waals surface area contributed by atoms with E-state index in [-0.39, 0.29) is 5.89 Å². The van der Waals surface area contributed by atoms with Crippen LogP contribution in [0.25, 0.3) is 17.5 Å². The molecule has 0 saturated carbocycles. The number of hydrogen-bond acceptors (Lipinski definition) is 7. The highest BCUT2D eigenvalue weighted by molar-refractivity contribution is 5.87. The predicted molar refractivity (Wildman–Crippen MR) is 108 cm³/mol. The Balaban J connectivity index is 1.67. The summed E-state index contributed by atoms with van der Waals surface area (Å²) in [5.41, 5.74) is 2.63. The molecule has 0 spiro atoms. The molecule has 3 aromatic rings. The third kappa shape index (κ3) is 5.01. The Kier molecular flexibility index (Phi) is 6.29. The molecule has 3 rings (SSSR count). The minimum atomic E-state index is -0.689. The Morgan fingerprint density at radius 3 is 2.52 bits per heavy atom. The first-order valence-corrected chi connectivity index (χ1v) is 9.01. The van der Waals surface area contributed by atoms with Crippen molar-refractivity contribution in [2.75, 3.05) is 14.2 Å². The van der Waals surface area contributed by atoms with E-state index in [1.165, 1.54) is 6.08 Å². The van der Waals surface area contributed by atoms with Gasteiger partial charge < -0.3 is 18.6 Å². The summed E-state index contributed by atoms with van der Waals surface area (Å²) in [6.45, 7) is 3.67. The average molecular weight is 394 g/mol. The molecule has 29 heavy (non-hydrogen) atoms. The van der Waals surface area contributed by atoms with E-state index in [0.717, 1.165) is 11.1 Å². The van der Waals surface area contributed by atoms with Crippen LogP contribution in [0.15, 0.2) is 53.0 Å². The number of methoxy groups -OCH3 is 2. The average Bonchev–Trinajstić information content (AvgIpc) is 3.23. The van der Waals surface area contributed by atoms with Gasteiger partial charge in [0.2, 0.25) is 5.89 Å². The summed E-state index contributed by atoms with van der Waals surface area (Å²) in [5, 5.41) is 8.01. The number of ether oxygens (including phenoxy) is 3. The van der Waals surface area contributed by atoms with Crippen molar-refractivity contribution >= 4 is 12.0 Å². The van der Waals surface area contributed by atoms with Crippen LogP contribution in [0.4, 0.5) is 0 Å². The Bertz CT molecular complexity index is 1010. The first-order chi connectivity index (χ1) is 14.0. The van der Waals surface area contributed by atoms with Crippen LogP contribution in [0, 0.1) is 6.92 Å². The normalized spacial score (nSPS) is 12.0. The van der Waals surface area contributed by atoms with E-state index in [4.69, 9.17) is 18.6 Å². The second-order valence-electron chi connectivity index (χ2n) is 6.33. The third-order valence-electron chi connectivity index (χ3n) is 4.22. The molecule has 7 heteroatoms. The van der Waals surface area contributed by atoms with Crippen LogP contribution in [0.5, 0.6) is 11.5 Å². The summed E-state index contributed by atoms with van der Waals surface area (Å²) in [6.07, 6.45) is 2.22. The van der Waals surface area contributed by atoms with Gasteiger partial charge in [-0.3, -0.25) is 0 Å². The lowest BCUT2D eigenvalue weighted by atomic mass is 10.1. The molecular weight excluding hydrogens is 372 g/mol. The fourth-order valence-corrected chi connectivity index (χ4v) is 2.60. The summed E-state index contributed by atoms with van der Waals surface area (Å²) >= 11 is 0. The van der Waals surface area contributed by atoms with Crippen LogP contribution in [0.1, 0.15) is 30.0 Å². The number of rotatable bonds is 7. The number of esters is 1. The predicted octanol–water partition coefficient (Wildman–Crippen LogP) is 4.38. The molecule has 0 aliphatic heterocycles. The Morgan fingerprint density at radius 1 is 1.07 bits per heavy atom. The molecule has 0 radical (unpaired) electrons. The summed E-state index contributed by atoms with van der Waals surface area (Å²) in [4.78, 5) is 12.2. The molecule has 150 valence electrons. The van der Waals surface area contributed by atoms with E-state index in [9.17, 15) is 4.79 Å². The highest BCUT2D eigenvalue weighted by atomic mass is 16.6. The van der Waals surface area contributed by atoms with Crippen molar-refractivity contribution in [1.82, 2.24) is 10.2 Å². The number of carbonyl (C=O) groups excluding carboxylic acids is 1. The molecule has 1 aromatic heterocycles. The zero-order valence-electron chi connectivity index (χ0n) is 16.7. The van der Waals surface area contributed by atoms with Crippen molar-refractivity contribution in [1.29, 1.82) is 0 Å². The van der Waals surface area contributed by atoms with Gasteiger partial charge in [-0.15, -0.1) is 10.2 Å². The highest BCUT2D eigenvalue weighted by Crippen LogP contribution is 2.26. The van der Waals surface area contributed by atoms with Crippen LogP contribution < -0.4 is 9.47 Å². The van der Waals surface area contributed by atoms with Crippen LogP contribution >= 0.6 is 0 Å². The molecule has 0 bridgehead atoms. The van der Waals surface area contributed by atoms with Gasteiger partial charge in [0.15, 0.2) is 6.10 Å². The Labute approximate surface area is 168 Å². The maximum atomic E-state index is 12.2. The maximum absolute atomic E-state index is 12.2. The van der Waals surface area contributed by atoms with Gasteiger partial charge in [-0.2, -0.15) is 0 Å². The van der Waals surface area contributed by atoms with E-state index < -0.39 is 12.1 Å². The first-order valence-electron chi connectivity index (χ1n) is 9.01. The van der Waals surface area contributed by atoms with Crippen molar-refractivity contribution in [2.24, 2.45) is 0 Å². The van der Waals surface area contributed by atoms with Crippen LogP contribution in [-0.4, -0.2) is 30.4 Å². The van der Waals surface area contributed by atoms with E-state index in [1.807, 2.05) is 31.2 Å². The van der Waals surface area contributed by atoms with Crippen molar-refractivity contribution in [3.63, 3.8) is 0 Å². The molecule has 0 N–H and O–H groups in total. The molecular formula is C22H22N2O5. The number of benzene rings is 2. The maximum Gasteiger partial charge on any atom is 0.331 e. The van der Waals surface area contributed by atoms with E-state index in [1.54, 1.807) is 45.4 Å². The molecule has 7 nitrogen and oxygen atoms in total. The number of nitrogens with zero attached hydrogens (tertiary/aromatic N) is 2. The van der Waals surface area contributed by atoms with Gasteiger partial charge in [-0.25, -0.2) is 4.79 Å². The van der Waals surface area contributed by atoms with Crippen LogP contribution in [-0.2, 0) is 9.53 Å². The zero-order chi connectivity index (χ0) is 20.8. The summed E-state index contributed by atoms with van der Waals surface area (Å²) in [6, 6.07) is 13.0. The number of carbonyl (C=O) groups is 1. The van der Waals surface area contributed by atoms with E-state index in [0.29, 0.717) is 23.0 Å². The zero-order valence-corrected chi connectivity index (χ0v) is 16.7. The van der Waals surface area contributed by atoms with Gasteiger partial charge in [-0.1, -0.05) is 17.7 Å². The molecule has 2 aromatic carbocycles. The molecule has 0 aliphatic rings. The van der Waals surface area contributed by atoms with Gasteiger partial charge in [0.1, 0.15) is 11.5 Å². The molecule has 0 aliphatic carbocycles. The number of aryl methyl sites for hydroxylation is 1. The lowest BCUT2D eigenvalue weighted by Gasteiger charge is -2.08. The number of aromatic nitrogens is 2. The molecule has 0 saturated heterocycles. The minimum Gasteiger partial charge on any atom is -0.497 e. The fourth-order valence-electron chi connectivity index (χ4n) is 2.60. The van der Waals surface area contributed by atoms with Gasteiger partial charge >= 0.3 is 5.97 Å². The lowest BCUT2D eigenvalue weighted by Crippen LogP contribution is -2.06. The smallest absolute Gasteiger partial charge is 0.331 e. The molecule has 0 unspecified atom stereocenters. The van der Waals surface area contributed by atoms with Gasteiger partial charge in [0.25, 0.3) is 5.89 Å². The second-order valence-corrected chi connectivity index (χ2v) is 6.33. The van der Waals surface area contributed by atoms with Crippen molar-refractivity contribution in [2.45, 2.75) is 20.0 Å². The molecule has 1 atom stereocenters. The fraction of sp³-hybridized carbons (Fsp3) is 0.227. The molecule has 1 heterocycles. The quantitative estimate of drug-likeness (QED) is 0.434. The molecule has 0 amide bonds. The van der Waals surface area contributed by atoms with Gasteiger partial charge in [-0.05, 0) is 50.3 Å². The standard InChI is InChI=1S/C22H22N2O5/c1-14-5-7-16(8-6-14)22-24-23-21(29-22)15(2)28-20(25)12-9-17-13-18(26-3)10-11-19(17)27-4/h5-13,15H,1-4H3/b12-9+/t15-/m0/s1. The van der Waals surface area contributed by atoms with E-state index in [2.05, 4.69) is 10.2 Å². The third-order valence-corrected chi connectivity index (χ3v) is 4.22. The van der Waals surface area contributed by atoms with Gasteiger partial charge in [0, 0.05) is 17.2 Å². The lowest BCUT2D eigenvalue weighted by molar-refractivity contribution is -0.143. The number of hydrogen-bond donors (Lipinski definition) is 0. The highest BCUT2D eigenvalue weighted by Gasteiger charge is 2.18. The Morgan fingerprint density at radius 2 is 1.83 bits per heavy atom. The summed E-state index contributed by atoms with van der Waals surface area (Å²) < 4.78 is 21.5. The summed E-state index contributed by atoms with van der Waals surface area (Å²) in [7, 11) is 3.13. The van der Waals surface area contributed by atoms with Crippen LogP contribution in [0.2, 0.25) is 0 Å². The van der Waals surface area contributed by atoms with Crippen molar-refractivity contribution < 1.29 is 23.4 Å². The SMILES string of the molecule is COc1ccc(OC)c(/C=C/C(=O)O[C@@H](C)c2nnc(-c3ccc(C)cc3)o2)c1. The van der Waals surface area contributed by atoms with Crippen molar-refractivity contribution in [3.05, 3.63) is 65.6 Å². The van der Waals surface area contributed by atoms with Crippen molar-refractivity contribution in [3.8, 4) is 23.0 Å². The monoisotopic (exact) mass is 394 g/mol. The second kappa shape index (κ2) is 9.05. The van der Waals surface area contributed by atoms with Gasteiger partial charge in [0.05, 0.1) is 14.2 Å². The Hall–Kier alpha value is -3.61. The topological polar surface area (TPSA) is 83.7 Å². The summed E-state index contributed by atoms with van der Waals surface area (Å²) in [5.74, 6) is 1.32. The van der Waals surface area contributed by atoms with Crippen LogP contribution in [0.3, 0.4) is 0 Å². The molecule has 0 fully saturated rings.